The van der Waals surface area contributed by atoms with Gasteiger partial charge < -0.3 is 14.7 Å². The zero-order valence-corrected chi connectivity index (χ0v) is 33.0. The average molecular weight is 777 g/mol. The van der Waals surface area contributed by atoms with E-state index >= 15 is 0 Å². The molecule has 0 aromatic heterocycles. The van der Waals surface area contributed by atoms with Crippen LogP contribution in [0.3, 0.4) is 0 Å². The fraction of sp³-hybridized carbons (Fsp3) is 0.439. The summed E-state index contributed by atoms with van der Waals surface area (Å²) in [7, 11) is 0. The summed E-state index contributed by atoms with van der Waals surface area (Å²) >= 11 is 0. The number of nitrogens with zero attached hydrogens (tertiary/aromatic N) is 8. The van der Waals surface area contributed by atoms with Crippen LogP contribution < -0.4 is 14.7 Å². The Balaban J connectivity index is 0.000000420. The van der Waals surface area contributed by atoms with Crippen molar-refractivity contribution in [3.63, 3.8) is 0 Å². The summed E-state index contributed by atoms with van der Waals surface area (Å²) < 4.78 is 38.6. The lowest BCUT2D eigenvalue weighted by Gasteiger charge is -2.24. The van der Waals surface area contributed by atoms with Gasteiger partial charge in [0, 0.05) is 68.5 Å². The van der Waals surface area contributed by atoms with Crippen molar-refractivity contribution in [3.05, 3.63) is 109 Å². The average Bonchev–Trinajstić information content (AvgIpc) is 3.18. The molecule has 0 fully saturated rings. The molecule has 0 heterocycles. The lowest BCUT2D eigenvalue weighted by Crippen LogP contribution is -2.25. The van der Waals surface area contributed by atoms with Crippen LogP contribution in [0.25, 0.3) is 0 Å². The van der Waals surface area contributed by atoms with E-state index < -0.39 is 21.6 Å². The molecular weight excluding hydrogens is 725 g/mol. The minimum atomic E-state index is -4.49. The van der Waals surface area contributed by atoms with E-state index in [-0.39, 0.29) is 28.1 Å². The highest BCUT2D eigenvalue weighted by atomic mass is 19.4. The van der Waals surface area contributed by atoms with Gasteiger partial charge in [-0.15, -0.1) is 0 Å². The van der Waals surface area contributed by atoms with Gasteiger partial charge in [0.25, 0.3) is 11.4 Å². The van der Waals surface area contributed by atoms with Gasteiger partial charge in [0.05, 0.1) is 27.0 Å². The van der Waals surface area contributed by atoms with Crippen LogP contribution in [0.2, 0.25) is 0 Å². The van der Waals surface area contributed by atoms with Crippen LogP contribution in [0.5, 0.6) is 0 Å². The molecular formula is C41H51F3N8O4. The number of rotatable bonds is 17. The first-order valence-electron chi connectivity index (χ1n) is 18.4. The molecule has 0 saturated heterocycles. The van der Waals surface area contributed by atoms with Gasteiger partial charge in [-0.25, -0.2) is 0 Å². The SMILES string of the molecule is C=C(C)CN(CC)c1ccc(C#N)c([N+](=O)[O-])c1.CCCCN(CC)c1ccc(C#N)c(C(F)(F)F)c1.CCCCN(CCC)c1ccc(C#N)c([N+](=O)[O-])c1. The number of likely N-dealkylation sites (N-methyl/N-ethyl adjacent to an activating group) is 1. The number of nitro groups is 2. The molecule has 0 amide bonds. The number of nitro benzene ring substituents is 2. The van der Waals surface area contributed by atoms with Crippen molar-refractivity contribution >= 4 is 28.4 Å². The number of anilines is 3. The Hall–Kier alpha value is -6.14. The molecule has 0 unspecified atom stereocenters. The number of benzene rings is 3. The summed E-state index contributed by atoms with van der Waals surface area (Å²) in [4.78, 5) is 26.8. The van der Waals surface area contributed by atoms with E-state index in [0.717, 1.165) is 81.3 Å². The van der Waals surface area contributed by atoms with Crippen molar-refractivity contribution < 1.29 is 23.0 Å². The summed E-state index contributed by atoms with van der Waals surface area (Å²) in [6.07, 6.45) is 0.531. The normalized spacial score (nSPS) is 10.2. The standard InChI is InChI=1S/C14H17F3N2.C14H19N3O2.C13H15N3O2/c1-3-5-8-19(4-2)12-7-6-11(10-18)13(9-12)14(15,16)17;1-3-5-9-16(8-4-2)13-7-6-12(11-15)14(10-13)17(18)19;1-4-15(9-10(2)3)12-6-5-11(8-14)13(7-12)16(17)18/h6-7,9H,3-5,8H2,1-2H3;6-7,10H,3-5,8-9H2,1-2H3;5-7H,2,4,9H2,1,3H3. The van der Waals surface area contributed by atoms with E-state index in [4.69, 9.17) is 15.8 Å². The number of nitriles is 3. The van der Waals surface area contributed by atoms with E-state index in [1.807, 2.05) is 49.6 Å². The van der Waals surface area contributed by atoms with Gasteiger partial charge in [-0.1, -0.05) is 45.8 Å². The molecule has 0 N–H and O–H groups in total. The zero-order valence-electron chi connectivity index (χ0n) is 33.0. The molecule has 3 aromatic carbocycles. The third-order valence-corrected chi connectivity index (χ3v) is 8.40. The highest BCUT2D eigenvalue weighted by Crippen LogP contribution is 2.34. The van der Waals surface area contributed by atoms with Gasteiger partial charge in [0.2, 0.25) is 0 Å². The molecule has 56 heavy (non-hydrogen) atoms. The molecule has 3 rings (SSSR count). The molecule has 0 radical (unpaired) electrons. The number of unbranched alkanes of at least 4 members (excludes halogenated alkanes) is 2. The van der Waals surface area contributed by atoms with Crippen molar-refractivity contribution in [1.82, 2.24) is 0 Å². The molecule has 3 aromatic rings. The second-order valence-corrected chi connectivity index (χ2v) is 12.7. The van der Waals surface area contributed by atoms with Crippen molar-refractivity contribution in [2.24, 2.45) is 0 Å². The smallest absolute Gasteiger partial charge is 0.372 e. The highest BCUT2D eigenvalue weighted by Gasteiger charge is 2.34. The van der Waals surface area contributed by atoms with Crippen molar-refractivity contribution in [2.45, 2.75) is 79.8 Å². The van der Waals surface area contributed by atoms with Crippen LogP contribution in [0.4, 0.5) is 41.6 Å². The van der Waals surface area contributed by atoms with E-state index in [2.05, 4.69) is 25.3 Å². The minimum absolute atomic E-state index is 0.0788. The molecule has 0 spiro atoms. The van der Waals surface area contributed by atoms with Crippen LogP contribution >= 0.6 is 0 Å². The second kappa shape index (κ2) is 24.3. The topological polar surface area (TPSA) is 167 Å². The predicted molar refractivity (Wildman–Crippen MR) is 215 cm³/mol. The van der Waals surface area contributed by atoms with Gasteiger partial charge in [-0.05, 0) is 82.5 Å². The van der Waals surface area contributed by atoms with Crippen molar-refractivity contribution in [2.75, 3.05) is 54.0 Å². The lowest BCUT2D eigenvalue weighted by atomic mass is 10.1. The molecule has 12 nitrogen and oxygen atoms in total. The predicted octanol–water partition coefficient (Wildman–Crippen LogP) is 10.6. The number of halogens is 3. The summed E-state index contributed by atoms with van der Waals surface area (Å²) in [6, 6.07) is 18.6. The first kappa shape index (κ1) is 47.9. The van der Waals surface area contributed by atoms with Crippen molar-refractivity contribution in [3.8, 4) is 18.2 Å². The molecule has 0 saturated carbocycles. The Bertz CT molecular complexity index is 1900. The van der Waals surface area contributed by atoms with E-state index in [0.29, 0.717) is 18.8 Å². The fourth-order valence-corrected chi connectivity index (χ4v) is 5.50. The van der Waals surface area contributed by atoms with Crippen molar-refractivity contribution in [1.29, 1.82) is 15.8 Å². The number of alkyl halides is 3. The first-order chi connectivity index (χ1) is 26.6. The summed E-state index contributed by atoms with van der Waals surface area (Å²) in [6.45, 7) is 20.3. The summed E-state index contributed by atoms with van der Waals surface area (Å²) in [5, 5.41) is 48.3. The zero-order chi connectivity index (χ0) is 42.4. The van der Waals surface area contributed by atoms with Gasteiger partial charge in [0.15, 0.2) is 0 Å². The Morgan fingerprint density at radius 2 is 1.07 bits per heavy atom. The maximum Gasteiger partial charge on any atom is 0.417 e. The minimum Gasteiger partial charge on any atom is -0.372 e. The third kappa shape index (κ3) is 14.9. The van der Waals surface area contributed by atoms with Gasteiger partial charge >= 0.3 is 6.18 Å². The Morgan fingerprint density at radius 3 is 1.43 bits per heavy atom. The number of hydrogen-bond acceptors (Lipinski definition) is 10. The molecule has 15 heteroatoms. The lowest BCUT2D eigenvalue weighted by molar-refractivity contribution is -0.385. The third-order valence-electron chi connectivity index (χ3n) is 8.40. The van der Waals surface area contributed by atoms with Crippen LogP contribution in [-0.2, 0) is 6.18 Å². The molecule has 0 aliphatic carbocycles. The first-order valence-corrected chi connectivity index (χ1v) is 18.4. The van der Waals surface area contributed by atoms with Gasteiger partial charge in [0.1, 0.15) is 23.3 Å². The molecule has 0 aliphatic heterocycles. The monoisotopic (exact) mass is 776 g/mol. The van der Waals surface area contributed by atoms with Crippen LogP contribution in [0, 0.1) is 54.2 Å². The Morgan fingerprint density at radius 1 is 0.661 bits per heavy atom. The van der Waals surface area contributed by atoms with Crippen LogP contribution in [-0.4, -0.2) is 49.1 Å². The van der Waals surface area contributed by atoms with Crippen LogP contribution in [0.1, 0.15) is 95.9 Å². The van der Waals surface area contributed by atoms with E-state index in [1.54, 1.807) is 24.3 Å². The molecule has 0 aliphatic rings. The highest BCUT2D eigenvalue weighted by molar-refractivity contribution is 5.61. The summed E-state index contributed by atoms with van der Waals surface area (Å²) in [5.74, 6) is 0. The second-order valence-electron chi connectivity index (χ2n) is 12.7. The molecule has 0 bridgehead atoms. The van der Waals surface area contributed by atoms with Crippen LogP contribution in [0.15, 0.2) is 66.7 Å². The van der Waals surface area contributed by atoms with Gasteiger partial charge in [-0.3, -0.25) is 20.2 Å². The molecule has 0 atom stereocenters. The van der Waals surface area contributed by atoms with E-state index in [1.165, 1.54) is 30.3 Å². The largest absolute Gasteiger partial charge is 0.417 e. The molecule has 300 valence electrons. The quantitative estimate of drug-likeness (QED) is 0.0731. The fourth-order valence-electron chi connectivity index (χ4n) is 5.50. The van der Waals surface area contributed by atoms with Gasteiger partial charge in [-0.2, -0.15) is 29.0 Å². The maximum absolute atomic E-state index is 12.9. The van der Waals surface area contributed by atoms with E-state index in [9.17, 15) is 33.4 Å². The number of hydrogen-bond donors (Lipinski definition) is 0. The Labute approximate surface area is 328 Å². The maximum atomic E-state index is 12.9. The summed E-state index contributed by atoms with van der Waals surface area (Å²) in [5.41, 5.74) is 1.77. The Kier molecular flexibility index (Phi) is 20.8.